The zero-order valence-electron chi connectivity index (χ0n) is 11.2. The molecule has 0 fully saturated rings. The molecule has 0 unspecified atom stereocenters. The quantitative estimate of drug-likeness (QED) is 0.585. The number of hydrogen-bond donors (Lipinski definition) is 4. The molecule has 0 aliphatic heterocycles. The number of benzene rings is 2. The van der Waals surface area contributed by atoms with Crippen LogP contribution < -0.4 is 16.8 Å². The van der Waals surface area contributed by atoms with Crippen molar-refractivity contribution in [1.82, 2.24) is 9.97 Å². The number of aromatic hydroxyl groups is 1. The molecule has 2 aromatic carbocycles. The Balaban J connectivity index is 1.83. The van der Waals surface area contributed by atoms with Crippen LogP contribution in [0.2, 0.25) is 0 Å². The number of nitrogens with one attached hydrogen (secondary N) is 1. The molecule has 1 aromatic heterocycles. The van der Waals surface area contributed by atoms with Gasteiger partial charge in [0.25, 0.3) is 0 Å². The van der Waals surface area contributed by atoms with Crippen molar-refractivity contribution in [3.8, 4) is 5.75 Å². The Labute approximate surface area is 121 Å². The molecule has 0 spiro atoms. The van der Waals surface area contributed by atoms with Crippen LogP contribution in [0.3, 0.4) is 0 Å². The third-order valence-electron chi connectivity index (χ3n) is 3.18. The van der Waals surface area contributed by atoms with Gasteiger partial charge in [-0.2, -0.15) is 4.98 Å². The van der Waals surface area contributed by atoms with E-state index in [9.17, 15) is 5.11 Å². The van der Waals surface area contributed by atoms with E-state index in [4.69, 9.17) is 11.5 Å². The van der Waals surface area contributed by atoms with Gasteiger partial charge in [-0.3, -0.25) is 0 Å². The minimum absolute atomic E-state index is 0.171. The summed E-state index contributed by atoms with van der Waals surface area (Å²) in [6, 6.07) is 12.7. The second-order valence-electron chi connectivity index (χ2n) is 4.72. The van der Waals surface area contributed by atoms with Gasteiger partial charge in [-0.1, -0.05) is 12.1 Å². The van der Waals surface area contributed by atoms with Gasteiger partial charge in [-0.05, 0) is 35.9 Å². The van der Waals surface area contributed by atoms with Crippen LogP contribution in [0.1, 0.15) is 5.56 Å². The van der Waals surface area contributed by atoms with Crippen molar-refractivity contribution in [3.63, 3.8) is 0 Å². The van der Waals surface area contributed by atoms with Crippen molar-refractivity contribution in [2.45, 2.75) is 6.54 Å². The summed E-state index contributed by atoms with van der Waals surface area (Å²) in [6.07, 6.45) is 0. The molecule has 21 heavy (non-hydrogen) atoms. The normalized spacial score (nSPS) is 10.7. The van der Waals surface area contributed by atoms with Crippen molar-refractivity contribution in [3.05, 3.63) is 48.0 Å². The van der Waals surface area contributed by atoms with Gasteiger partial charge < -0.3 is 21.9 Å². The lowest BCUT2D eigenvalue weighted by atomic mass is 10.2. The summed E-state index contributed by atoms with van der Waals surface area (Å²) < 4.78 is 0. The van der Waals surface area contributed by atoms with E-state index in [0.29, 0.717) is 12.4 Å². The Bertz CT molecular complexity index is 786. The molecule has 6 nitrogen and oxygen atoms in total. The number of nitrogens with two attached hydrogens (primary N) is 2. The minimum Gasteiger partial charge on any atom is -0.508 e. The molecule has 106 valence electrons. The highest BCUT2D eigenvalue weighted by atomic mass is 16.3. The number of anilines is 3. The first kappa shape index (κ1) is 13.0. The smallest absolute Gasteiger partial charge is 0.222 e. The van der Waals surface area contributed by atoms with Crippen LogP contribution in [0.5, 0.6) is 5.75 Å². The summed E-state index contributed by atoms with van der Waals surface area (Å²) in [4.78, 5) is 8.10. The fourth-order valence-electron chi connectivity index (χ4n) is 2.10. The topological polar surface area (TPSA) is 110 Å². The molecule has 1 heterocycles. The van der Waals surface area contributed by atoms with Crippen LogP contribution >= 0.6 is 0 Å². The number of rotatable bonds is 3. The van der Waals surface area contributed by atoms with Crippen molar-refractivity contribution in [1.29, 1.82) is 0 Å². The van der Waals surface area contributed by atoms with Gasteiger partial charge in [0.2, 0.25) is 5.95 Å². The van der Waals surface area contributed by atoms with Gasteiger partial charge >= 0.3 is 0 Å². The summed E-state index contributed by atoms with van der Waals surface area (Å²) >= 11 is 0. The van der Waals surface area contributed by atoms with E-state index in [0.717, 1.165) is 22.2 Å². The average Bonchev–Trinajstić information content (AvgIpc) is 2.47. The molecule has 3 rings (SSSR count). The molecular formula is C15H15N5O. The molecule has 0 saturated heterocycles. The summed E-state index contributed by atoms with van der Waals surface area (Å²) in [5, 5.41) is 13.3. The highest BCUT2D eigenvalue weighted by molar-refractivity contribution is 5.91. The highest BCUT2D eigenvalue weighted by Crippen LogP contribution is 2.23. The van der Waals surface area contributed by atoms with Crippen LogP contribution in [-0.2, 0) is 6.54 Å². The van der Waals surface area contributed by atoms with Crippen molar-refractivity contribution in [2.75, 3.05) is 16.8 Å². The molecule has 0 aliphatic carbocycles. The van der Waals surface area contributed by atoms with E-state index in [1.54, 1.807) is 12.1 Å². The van der Waals surface area contributed by atoms with E-state index in [2.05, 4.69) is 15.3 Å². The van der Waals surface area contributed by atoms with Crippen molar-refractivity contribution in [2.24, 2.45) is 0 Å². The van der Waals surface area contributed by atoms with Crippen LogP contribution in [0.4, 0.5) is 17.5 Å². The maximum absolute atomic E-state index is 9.25. The second kappa shape index (κ2) is 5.16. The number of fused-ring (bicyclic) bond motifs is 1. The molecule has 0 bridgehead atoms. The number of hydrogen-bond acceptors (Lipinski definition) is 6. The fourth-order valence-corrected chi connectivity index (χ4v) is 2.10. The van der Waals surface area contributed by atoms with Gasteiger partial charge in [-0.15, -0.1) is 0 Å². The van der Waals surface area contributed by atoms with Crippen LogP contribution in [-0.4, -0.2) is 15.1 Å². The van der Waals surface area contributed by atoms with Gasteiger partial charge in [-0.25, -0.2) is 4.98 Å². The van der Waals surface area contributed by atoms with E-state index in [1.807, 2.05) is 30.3 Å². The summed E-state index contributed by atoms with van der Waals surface area (Å²) in [6.45, 7) is 0.640. The molecule has 6 N–H and O–H groups in total. The number of phenols is 1. The largest absolute Gasteiger partial charge is 0.508 e. The average molecular weight is 281 g/mol. The molecule has 6 heteroatoms. The first-order chi connectivity index (χ1) is 10.1. The lowest BCUT2D eigenvalue weighted by Gasteiger charge is -2.09. The highest BCUT2D eigenvalue weighted by Gasteiger charge is 2.04. The van der Waals surface area contributed by atoms with Gasteiger partial charge in [0.05, 0.1) is 5.52 Å². The lowest BCUT2D eigenvalue weighted by molar-refractivity contribution is 0.475. The predicted molar refractivity (Wildman–Crippen MR) is 83.8 cm³/mol. The molecule has 0 atom stereocenters. The number of nitrogen functional groups attached to an aromatic ring is 2. The van der Waals surface area contributed by atoms with Crippen LogP contribution in [0.15, 0.2) is 42.5 Å². The van der Waals surface area contributed by atoms with Gasteiger partial charge in [0.15, 0.2) is 0 Å². The Morgan fingerprint density at radius 2 is 1.76 bits per heavy atom. The molecule has 0 radical (unpaired) electrons. The summed E-state index contributed by atoms with van der Waals surface area (Å²) in [5.41, 5.74) is 14.1. The Hall–Kier alpha value is -3.02. The number of phenolic OH excluding ortho intramolecular Hbond substituents is 1. The van der Waals surface area contributed by atoms with Crippen LogP contribution in [0.25, 0.3) is 10.9 Å². The number of nitrogens with zero attached hydrogens (tertiary/aromatic N) is 2. The van der Waals surface area contributed by atoms with Crippen LogP contribution in [0, 0.1) is 0 Å². The third kappa shape index (κ3) is 2.79. The zero-order chi connectivity index (χ0) is 14.8. The van der Waals surface area contributed by atoms with E-state index in [1.165, 1.54) is 0 Å². The Morgan fingerprint density at radius 1 is 1.00 bits per heavy atom. The standard InChI is InChI=1S/C15H15N5O/c16-14-12-7-10(3-6-13(12)19-15(17)20-14)18-8-9-1-4-11(21)5-2-9/h1-7,18,21H,8H2,(H4,16,17,19,20). The SMILES string of the molecule is Nc1nc(N)c2cc(NCc3ccc(O)cc3)ccc2n1. The van der Waals surface area contributed by atoms with E-state index >= 15 is 0 Å². The molecule has 0 amide bonds. The van der Waals surface area contributed by atoms with Gasteiger partial charge in [0, 0.05) is 17.6 Å². The van der Waals surface area contributed by atoms with E-state index in [-0.39, 0.29) is 11.7 Å². The fraction of sp³-hybridized carbons (Fsp3) is 0.0667. The first-order valence-electron chi connectivity index (χ1n) is 6.46. The molecule has 3 aromatic rings. The maximum Gasteiger partial charge on any atom is 0.222 e. The van der Waals surface area contributed by atoms with Gasteiger partial charge in [0.1, 0.15) is 11.6 Å². The molecule has 0 aliphatic rings. The summed E-state index contributed by atoms with van der Waals surface area (Å²) in [5.74, 6) is 0.794. The Kier molecular flexibility index (Phi) is 3.19. The van der Waals surface area contributed by atoms with Crippen molar-refractivity contribution < 1.29 is 5.11 Å². The predicted octanol–water partition coefficient (Wildman–Crippen LogP) is 2.11. The third-order valence-corrected chi connectivity index (χ3v) is 3.18. The van der Waals surface area contributed by atoms with E-state index < -0.39 is 0 Å². The van der Waals surface area contributed by atoms with Crippen molar-refractivity contribution >= 4 is 28.4 Å². The molecular weight excluding hydrogens is 266 g/mol. The second-order valence-corrected chi connectivity index (χ2v) is 4.72. The summed E-state index contributed by atoms with van der Waals surface area (Å²) in [7, 11) is 0. The lowest BCUT2D eigenvalue weighted by Crippen LogP contribution is -2.02. The maximum atomic E-state index is 9.25. The minimum atomic E-state index is 0.171. The first-order valence-corrected chi connectivity index (χ1v) is 6.46. The Morgan fingerprint density at radius 3 is 2.52 bits per heavy atom. The molecule has 0 saturated carbocycles. The monoisotopic (exact) mass is 281 g/mol. The zero-order valence-corrected chi connectivity index (χ0v) is 11.2. The number of aromatic nitrogens is 2.